The van der Waals surface area contributed by atoms with Crippen LogP contribution in [0.4, 0.5) is 0 Å². The Balaban J connectivity index is 1.46. The predicted octanol–water partition coefficient (Wildman–Crippen LogP) is 5.24. The van der Waals surface area contributed by atoms with Gasteiger partial charge in [0, 0.05) is 13.1 Å². The first-order chi connectivity index (χ1) is 19.5. The quantitative estimate of drug-likeness (QED) is 0.219. The second-order valence-electron chi connectivity index (χ2n) is 10.1. The highest BCUT2D eigenvalue weighted by molar-refractivity contribution is 5.92. The summed E-state index contributed by atoms with van der Waals surface area (Å²) in [4.78, 5) is 29.4. The minimum Gasteiger partial charge on any atom is -0.508 e. The zero-order valence-electron chi connectivity index (χ0n) is 22.9. The van der Waals surface area contributed by atoms with Gasteiger partial charge in [0.2, 0.25) is 11.8 Å². The molecule has 6 nitrogen and oxygen atoms in total. The standard InChI is InChI=1S/C34H37N3O3/c1-37(25-27-12-5-2-6-13-27)23-11-18-31(33(39)35-24-26-19-21-30(38)22-20-26)36-34(40)32(28-14-7-3-8-15-28)29-16-9-4-10-17-29/h2-10,12-17,19-22,31-32,38H,11,18,23-25H2,1H3,(H,35,39)(H,36,40)/t31-/m0/s1. The molecule has 0 radical (unpaired) electrons. The summed E-state index contributed by atoms with van der Waals surface area (Å²) >= 11 is 0. The molecule has 0 aliphatic carbocycles. The second kappa shape index (κ2) is 14.7. The van der Waals surface area contributed by atoms with Crippen LogP contribution in [0.1, 0.15) is 41.0 Å². The molecule has 0 spiro atoms. The fraction of sp³-hybridized carbons (Fsp3) is 0.235. The normalized spacial score (nSPS) is 11.8. The van der Waals surface area contributed by atoms with Crippen LogP contribution >= 0.6 is 0 Å². The third-order valence-corrected chi connectivity index (χ3v) is 6.89. The van der Waals surface area contributed by atoms with Crippen LogP contribution in [0, 0.1) is 0 Å². The van der Waals surface area contributed by atoms with Crippen molar-refractivity contribution in [1.82, 2.24) is 15.5 Å². The third kappa shape index (κ3) is 8.55. The topological polar surface area (TPSA) is 81.7 Å². The average molecular weight is 536 g/mol. The van der Waals surface area contributed by atoms with E-state index in [0.717, 1.165) is 36.2 Å². The smallest absolute Gasteiger partial charge is 0.242 e. The van der Waals surface area contributed by atoms with Crippen LogP contribution < -0.4 is 10.6 Å². The van der Waals surface area contributed by atoms with Gasteiger partial charge in [-0.3, -0.25) is 9.59 Å². The van der Waals surface area contributed by atoms with Crippen LogP contribution in [0.5, 0.6) is 5.75 Å². The minimum atomic E-state index is -0.690. The van der Waals surface area contributed by atoms with E-state index in [2.05, 4.69) is 34.7 Å². The lowest BCUT2D eigenvalue weighted by Gasteiger charge is -2.24. The van der Waals surface area contributed by atoms with E-state index in [1.165, 1.54) is 5.56 Å². The van der Waals surface area contributed by atoms with E-state index < -0.39 is 12.0 Å². The predicted molar refractivity (Wildman–Crippen MR) is 159 cm³/mol. The first-order valence-electron chi connectivity index (χ1n) is 13.7. The Morgan fingerprint density at radius 2 is 1.27 bits per heavy atom. The molecule has 4 aromatic rings. The maximum atomic E-state index is 13.8. The SMILES string of the molecule is CN(CCC[C@H](NC(=O)C(c1ccccc1)c1ccccc1)C(=O)NCc1ccc(O)cc1)Cc1ccccc1. The molecule has 0 saturated carbocycles. The second-order valence-corrected chi connectivity index (χ2v) is 10.1. The first-order valence-corrected chi connectivity index (χ1v) is 13.7. The first kappa shape index (κ1) is 28.6. The van der Waals surface area contributed by atoms with E-state index in [-0.39, 0.29) is 17.6 Å². The van der Waals surface area contributed by atoms with Crippen molar-refractivity contribution in [3.8, 4) is 5.75 Å². The van der Waals surface area contributed by atoms with Gasteiger partial charge in [-0.05, 0) is 60.8 Å². The molecule has 4 aromatic carbocycles. The van der Waals surface area contributed by atoms with Crippen molar-refractivity contribution in [2.75, 3.05) is 13.6 Å². The molecule has 4 rings (SSSR count). The minimum absolute atomic E-state index is 0.174. The largest absolute Gasteiger partial charge is 0.508 e. The maximum Gasteiger partial charge on any atom is 0.242 e. The van der Waals surface area contributed by atoms with Gasteiger partial charge in [-0.15, -0.1) is 0 Å². The van der Waals surface area contributed by atoms with E-state index in [1.54, 1.807) is 24.3 Å². The van der Waals surface area contributed by atoms with Gasteiger partial charge in [-0.2, -0.15) is 0 Å². The van der Waals surface area contributed by atoms with Crippen molar-refractivity contribution < 1.29 is 14.7 Å². The van der Waals surface area contributed by atoms with Crippen molar-refractivity contribution >= 4 is 11.8 Å². The molecule has 0 aliphatic rings. The molecule has 0 aliphatic heterocycles. The van der Waals surface area contributed by atoms with Crippen molar-refractivity contribution in [2.45, 2.75) is 37.9 Å². The Hall–Kier alpha value is -4.42. The fourth-order valence-electron chi connectivity index (χ4n) is 4.78. The van der Waals surface area contributed by atoms with Crippen LogP contribution in [0.2, 0.25) is 0 Å². The summed E-state index contributed by atoms with van der Waals surface area (Å²) in [5.74, 6) is -0.796. The van der Waals surface area contributed by atoms with Gasteiger partial charge in [0.05, 0.1) is 5.92 Å². The third-order valence-electron chi connectivity index (χ3n) is 6.89. The highest BCUT2D eigenvalue weighted by Crippen LogP contribution is 2.25. The van der Waals surface area contributed by atoms with Crippen molar-refractivity contribution in [3.05, 3.63) is 138 Å². The molecule has 0 fully saturated rings. The van der Waals surface area contributed by atoms with Gasteiger partial charge in [0.15, 0.2) is 0 Å². The van der Waals surface area contributed by atoms with Gasteiger partial charge in [-0.1, -0.05) is 103 Å². The Bertz CT molecular complexity index is 1290. The Morgan fingerprint density at radius 3 is 1.85 bits per heavy atom. The average Bonchev–Trinajstić information content (AvgIpc) is 2.98. The summed E-state index contributed by atoms with van der Waals surface area (Å²) in [6, 6.07) is 35.6. The number of hydrogen-bond acceptors (Lipinski definition) is 4. The molecule has 3 N–H and O–H groups in total. The van der Waals surface area contributed by atoms with E-state index in [9.17, 15) is 14.7 Å². The van der Waals surface area contributed by atoms with Crippen molar-refractivity contribution in [1.29, 1.82) is 0 Å². The summed E-state index contributed by atoms with van der Waals surface area (Å²) in [5.41, 5.74) is 3.84. The number of rotatable bonds is 13. The Morgan fingerprint density at radius 1 is 0.725 bits per heavy atom. The van der Waals surface area contributed by atoms with Crippen LogP contribution in [-0.2, 0) is 22.7 Å². The number of nitrogens with zero attached hydrogens (tertiary/aromatic N) is 1. The summed E-state index contributed by atoms with van der Waals surface area (Å²) in [7, 11) is 2.06. The molecular weight excluding hydrogens is 498 g/mol. The summed E-state index contributed by atoms with van der Waals surface area (Å²) < 4.78 is 0. The van der Waals surface area contributed by atoms with Crippen LogP contribution in [0.3, 0.4) is 0 Å². The molecule has 0 aromatic heterocycles. The Labute approximate surface area is 236 Å². The molecule has 206 valence electrons. The van der Waals surface area contributed by atoms with Gasteiger partial charge >= 0.3 is 0 Å². The summed E-state index contributed by atoms with van der Waals surface area (Å²) in [5, 5.41) is 15.6. The molecule has 6 heteroatoms. The summed E-state index contributed by atoms with van der Waals surface area (Å²) in [6.07, 6.45) is 1.24. The maximum absolute atomic E-state index is 13.8. The van der Waals surface area contributed by atoms with Crippen LogP contribution in [0.15, 0.2) is 115 Å². The molecule has 0 bridgehead atoms. The number of carbonyl (C=O) groups excluding carboxylic acids is 2. The fourth-order valence-corrected chi connectivity index (χ4v) is 4.78. The van der Waals surface area contributed by atoms with Crippen LogP contribution in [0.25, 0.3) is 0 Å². The zero-order valence-corrected chi connectivity index (χ0v) is 22.9. The van der Waals surface area contributed by atoms with E-state index in [0.29, 0.717) is 13.0 Å². The zero-order chi connectivity index (χ0) is 28.2. The number of phenolic OH excluding ortho intramolecular Hbond substituents is 1. The lowest BCUT2D eigenvalue weighted by atomic mass is 9.90. The summed E-state index contributed by atoms with van der Waals surface area (Å²) in [6.45, 7) is 1.91. The van der Waals surface area contributed by atoms with Crippen molar-refractivity contribution in [3.63, 3.8) is 0 Å². The van der Waals surface area contributed by atoms with Gasteiger partial charge < -0.3 is 20.6 Å². The monoisotopic (exact) mass is 535 g/mol. The van der Waals surface area contributed by atoms with E-state index >= 15 is 0 Å². The molecular formula is C34H37N3O3. The van der Waals surface area contributed by atoms with E-state index in [4.69, 9.17) is 0 Å². The Kier molecular flexibility index (Phi) is 10.5. The molecule has 0 heterocycles. The van der Waals surface area contributed by atoms with Gasteiger partial charge in [0.25, 0.3) is 0 Å². The van der Waals surface area contributed by atoms with Gasteiger partial charge in [-0.25, -0.2) is 0 Å². The number of amides is 2. The number of nitrogens with one attached hydrogen (secondary N) is 2. The number of carbonyl (C=O) groups is 2. The number of benzene rings is 4. The molecule has 0 unspecified atom stereocenters. The molecule has 2 amide bonds. The lowest BCUT2D eigenvalue weighted by molar-refractivity contribution is -0.129. The highest BCUT2D eigenvalue weighted by Gasteiger charge is 2.27. The van der Waals surface area contributed by atoms with Crippen LogP contribution in [-0.4, -0.2) is 41.5 Å². The van der Waals surface area contributed by atoms with Crippen molar-refractivity contribution in [2.24, 2.45) is 0 Å². The number of hydrogen-bond donors (Lipinski definition) is 3. The molecule has 40 heavy (non-hydrogen) atoms. The van der Waals surface area contributed by atoms with E-state index in [1.807, 2.05) is 78.9 Å². The van der Waals surface area contributed by atoms with Gasteiger partial charge in [0.1, 0.15) is 11.8 Å². The molecule has 0 saturated heterocycles. The lowest BCUT2D eigenvalue weighted by Crippen LogP contribution is -2.48. The number of aromatic hydroxyl groups is 1. The number of phenols is 1. The highest BCUT2D eigenvalue weighted by atomic mass is 16.3. The molecule has 1 atom stereocenters.